The largest absolute Gasteiger partial charge is 0.346 e. The first kappa shape index (κ1) is 16.2. The number of hydrogen-bond acceptors (Lipinski definition) is 2. The summed E-state index contributed by atoms with van der Waals surface area (Å²) in [5.41, 5.74) is 6.21. The third-order valence-electron chi connectivity index (χ3n) is 3.17. The van der Waals surface area contributed by atoms with Crippen molar-refractivity contribution in [2.75, 3.05) is 6.54 Å². The molecular formula is C14H28N2O. The molecule has 0 aromatic carbocycles. The Bertz CT molecular complexity index is 241. The van der Waals surface area contributed by atoms with Gasteiger partial charge in [0.2, 0.25) is 5.91 Å². The van der Waals surface area contributed by atoms with Crippen LogP contribution in [0, 0.1) is 0 Å². The van der Waals surface area contributed by atoms with Crippen LogP contribution in [0.5, 0.6) is 0 Å². The van der Waals surface area contributed by atoms with E-state index in [2.05, 4.69) is 25.7 Å². The van der Waals surface area contributed by atoms with Gasteiger partial charge < -0.3 is 11.1 Å². The predicted molar refractivity (Wildman–Crippen MR) is 73.8 cm³/mol. The molecule has 0 aliphatic carbocycles. The third kappa shape index (κ3) is 5.87. The first-order chi connectivity index (χ1) is 8.01. The van der Waals surface area contributed by atoms with Crippen LogP contribution in [0.4, 0.5) is 0 Å². The summed E-state index contributed by atoms with van der Waals surface area (Å²) in [5, 5.41) is 3.09. The van der Waals surface area contributed by atoms with Crippen LogP contribution in [-0.2, 0) is 4.79 Å². The van der Waals surface area contributed by atoms with Gasteiger partial charge >= 0.3 is 0 Å². The number of amides is 1. The summed E-state index contributed by atoms with van der Waals surface area (Å²) in [6.45, 7) is 10.2. The molecule has 0 heterocycles. The molecule has 3 heteroatoms. The Morgan fingerprint density at radius 3 is 2.00 bits per heavy atom. The molecule has 0 aromatic rings. The Labute approximate surface area is 106 Å². The van der Waals surface area contributed by atoms with E-state index in [0.717, 1.165) is 38.5 Å². The van der Waals surface area contributed by atoms with Crippen LogP contribution >= 0.6 is 0 Å². The fourth-order valence-electron chi connectivity index (χ4n) is 1.88. The molecule has 3 N–H and O–H groups in total. The predicted octanol–water partition coefficient (Wildman–Crippen LogP) is 2.76. The first-order valence-corrected chi connectivity index (χ1v) is 6.69. The Kier molecular flexibility index (Phi) is 7.88. The highest BCUT2D eigenvalue weighted by Crippen LogP contribution is 2.21. The lowest BCUT2D eigenvalue weighted by molar-refractivity contribution is -0.119. The second kappa shape index (κ2) is 8.29. The summed E-state index contributed by atoms with van der Waals surface area (Å²) in [7, 11) is 0. The number of carbonyl (C=O) groups excluding carboxylic acids is 1. The Hall–Kier alpha value is -0.830. The van der Waals surface area contributed by atoms with Gasteiger partial charge in [0.1, 0.15) is 0 Å². The van der Waals surface area contributed by atoms with Gasteiger partial charge in [-0.1, -0.05) is 46.1 Å². The second-order valence-corrected chi connectivity index (χ2v) is 4.93. The van der Waals surface area contributed by atoms with Gasteiger partial charge in [0.05, 0.1) is 5.54 Å². The Balaban J connectivity index is 4.64. The lowest BCUT2D eigenvalue weighted by atomic mass is 9.86. The molecule has 0 saturated carbocycles. The van der Waals surface area contributed by atoms with Gasteiger partial charge in [0.25, 0.3) is 0 Å². The van der Waals surface area contributed by atoms with Crippen molar-refractivity contribution in [2.45, 2.75) is 64.8 Å². The molecule has 0 saturated heterocycles. The monoisotopic (exact) mass is 240 g/mol. The van der Waals surface area contributed by atoms with E-state index >= 15 is 0 Å². The molecule has 1 amide bonds. The van der Waals surface area contributed by atoms with Crippen molar-refractivity contribution in [3.05, 3.63) is 12.2 Å². The van der Waals surface area contributed by atoms with Gasteiger partial charge in [-0.2, -0.15) is 0 Å². The van der Waals surface area contributed by atoms with Gasteiger partial charge in [-0.25, -0.2) is 0 Å². The molecule has 0 aliphatic heterocycles. The summed E-state index contributed by atoms with van der Waals surface area (Å²) in [6.07, 6.45) is 6.35. The number of nitrogens with one attached hydrogen (secondary N) is 1. The second-order valence-electron chi connectivity index (χ2n) is 4.93. The molecule has 0 radical (unpaired) electrons. The lowest BCUT2D eigenvalue weighted by Crippen LogP contribution is -2.53. The maximum absolute atomic E-state index is 11.8. The maximum atomic E-state index is 11.8. The minimum absolute atomic E-state index is 0.0670. The third-order valence-corrected chi connectivity index (χ3v) is 3.17. The zero-order chi connectivity index (χ0) is 13.3. The highest BCUT2D eigenvalue weighted by molar-refractivity contribution is 5.92. The number of carbonyl (C=O) groups is 1. The highest BCUT2D eigenvalue weighted by atomic mass is 16.1. The summed E-state index contributed by atoms with van der Waals surface area (Å²) >= 11 is 0. The van der Waals surface area contributed by atoms with Gasteiger partial charge in [-0.05, 0) is 19.8 Å². The van der Waals surface area contributed by atoms with Crippen molar-refractivity contribution >= 4 is 5.91 Å². The van der Waals surface area contributed by atoms with Crippen molar-refractivity contribution < 1.29 is 4.79 Å². The number of unbranched alkanes of at least 4 members (excludes halogenated alkanes) is 2. The van der Waals surface area contributed by atoms with E-state index < -0.39 is 0 Å². The molecular weight excluding hydrogens is 212 g/mol. The van der Waals surface area contributed by atoms with Crippen LogP contribution < -0.4 is 11.1 Å². The maximum Gasteiger partial charge on any atom is 0.246 e. The standard InChI is InChI=1S/C14H28N2O/c1-5-7-9-14(11-15,10-8-6-2)16-13(17)12(3)4/h3,5-11,15H2,1-2,4H3,(H,16,17). The van der Waals surface area contributed by atoms with E-state index in [4.69, 9.17) is 5.73 Å². The van der Waals surface area contributed by atoms with E-state index in [9.17, 15) is 4.79 Å². The minimum Gasteiger partial charge on any atom is -0.346 e. The van der Waals surface area contributed by atoms with Crippen molar-refractivity contribution in [1.29, 1.82) is 0 Å². The number of rotatable bonds is 9. The lowest BCUT2D eigenvalue weighted by Gasteiger charge is -2.34. The van der Waals surface area contributed by atoms with Crippen LogP contribution in [0.15, 0.2) is 12.2 Å². The summed E-state index contributed by atoms with van der Waals surface area (Å²) in [5.74, 6) is -0.0670. The smallest absolute Gasteiger partial charge is 0.246 e. The van der Waals surface area contributed by atoms with Gasteiger partial charge in [-0.15, -0.1) is 0 Å². The van der Waals surface area contributed by atoms with E-state index in [1.165, 1.54) is 0 Å². The van der Waals surface area contributed by atoms with Gasteiger partial charge in [0.15, 0.2) is 0 Å². The number of nitrogens with two attached hydrogens (primary N) is 1. The van der Waals surface area contributed by atoms with Crippen molar-refractivity contribution in [1.82, 2.24) is 5.32 Å². The van der Waals surface area contributed by atoms with E-state index in [1.54, 1.807) is 6.92 Å². The molecule has 0 fully saturated rings. The summed E-state index contributed by atoms with van der Waals surface area (Å²) in [6, 6.07) is 0. The zero-order valence-corrected chi connectivity index (χ0v) is 11.6. The van der Waals surface area contributed by atoms with Gasteiger partial charge in [0, 0.05) is 12.1 Å². The van der Waals surface area contributed by atoms with Crippen LogP contribution in [0.25, 0.3) is 0 Å². The molecule has 0 bridgehead atoms. The first-order valence-electron chi connectivity index (χ1n) is 6.69. The molecule has 100 valence electrons. The van der Waals surface area contributed by atoms with E-state index in [1.807, 2.05) is 0 Å². The Morgan fingerprint density at radius 1 is 1.24 bits per heavy atom. The fraction of sp³-hybridized carbons (Fsp3) is 0.786. The average molecular weight is 240 g/mol. The van der Waals surface area contributed by atoms with E-state index in [-0.39, 0.29) is 11.4 Å². The van der Waals surface area contributed by atoms with Crippen LogP contribution in [-0.4, -0.2) is 18.0 Å². The normalized spacial score (nSPS) is 11.3. The fourth-order valence-corrected chi connectivity index (χ4v) is 1.88. The van der Waals surface area contributed by atoms with E-state index in [0.29, 0.717) is 12.1 Å². The molecule has 0 aromatic heterocycles. The molecule has 3 nitrogen and oxygen atoms in total. The Morgan fingerprint density at radius 2 is 1.71 bits per heavy atom. The molecule has 17 heavy (non-hydrogen) atoms. The topological polar surface area (TPSA) is 55.1 Å². The van der Waals surface area contributed by atoms with Crippen LogP contribution in [0.1, 0.15) is 59.3 Å². The average Bonchev–Trinajstić information content (AvgIpc) is 2.32. The highest BCUT2D eigenvalue weighted by Gasteiger charge is 2.29. The minimum atomic E-state index is -0.234. The van der Waals surface area contributed by atoms with Crippen LogP contribution in [0.3, 0.4) is 0 Å². The number of hydrogen-bond donors (Lipinski definition) is 2. The summed E-state index contributed by atoms with van der Waals surface area (Å²) in [4.78, 5) is 11.8. The van der Waals surface area contributed by atoms with Gasteiger partial charge in [-0.3, -0.25) is 4.79 Å². The molecule has 0 atom stereocenters. The van der Waals surface area contributed by atoms with Crippen molar-refractivity contribution in [2.24, 2.45) is 5.73 Å². The molecule has 0 unspecified atom stereocenters. The molecule has 0 spiro atoms. The van der Waals surface area contributed by atoms with Crippen LogP contribution in [0.2, 0.25) is 0 Å². The van der Waals surface area contributed by atoms with Crippen molar-refractivity contribution in [3.63, 3.8) is 0 Å². The van der Waals surface area contributed by atoms with Crippen molar-refractivity contribution in [3.8, 4) is 0 Å². The molecule has 0 rings (SSSR count). The zero-order valence-electron chi connectivity index (χ0n) is 11.6. The SMILES string of the molecule is C=C(C)C(=O)NC(CN)(CCCC)CCCC. The summed E-state index contributed by atoms with van der Waals surface area (Å²) < 4.78 is 0. The quantitative estimate of drug-likeness (QED) is 0.609. The molecule has 0 aliphatic rings.